The molecule has 1 N–H and O–H groups in total. The van der Waals surface area contributed by atoms with Crippen LogP contribution in [0, 0.1) is 0 Å². The van der Waals surface area contributed by atoms with E-state index in [2.05, 4.69) is 15.3 Å². The summed E-state index contributed by atoms with van der Waals surface area (Å²) < 4.78 is 0. The van der Waals surface area contributed by atoms with Gasteiger partial charge < -0.3 is 5.32 Å². The Hall–Kier alpha value is -0.480. The van der Waals surface area contributed by atoms with Gasteiger partial charge in [0.15, 0.2) is 0 Å². The quantitative estimate of drug-likeness (QED) is 0.840. The predicted molar refractivity (Wildman–Crippen MR) is 69.3 cm³/mol. The van der Waals surface area contributed by atoms with E-state index < -0.39 is 0 Å². The Morgan fingerprint density at radius 3 is 2.81 bits per heavy atom. The molecule has 0 radical (unpaired) electrons. The lowest BCUT2D eigenvalue weighted by Gasteiger charge is -2.20. The smallest absolute Gasteiger partial charge is 0.223 e. The first-order valence-electron chi connectivity index (χ1n) is 5.66. The van der Waals surface area contributed by atoms with Crippen molar-refractivity contribution in [3.63, 3.8) is 0 Å². The molecule has 1 aromatic heterocycles. The van der Waals surface area contributed by atoms with E-state index in [1.54, 1.807) is 18.0 Å². The Labute approximate surface area is 105 Å². The fourth-order valence-electron chi connectivity index (χ4n) is 1.90. The number of anilines is 1. The molecule has 0 aliphatic heterocycles. The van der Waals surface area contributed by atoms with Crippen LogP contribution in [0.1, 0.15) is 32.1 Å². The molecule has 0 amide bonds. The van der Waals surface area contributed by atoms with Crippen molar-refractivity contribution in [1.82, 2.24) is 9.97 Å². The molecular weight excluding hydrogens is 242 g/mol. The number of thioether (sulfide) groups is 1. The molecule has 1 aliphatic carbocycles. The van der Waals surface area contributed by atoms with Crippen LogP contribution in [0.2, 0.25) is 5.02 Å². The average Bonchev–Trinajstić information content (AvgIpc) is 2.33. The van der Waals surface area contributed by atoms with Crippen molar-refractivity contribution < 1.29 is 0 Å². The number of halogens is 1. The van der Waals surface area contributed by atoms with Gasteiger partial charge in [0, 0.05) is 12.3 Å². The van der Waals surface area contributed by atoms with Gasteiger partial charge in [-0.15, -0.1) is 11.8 Å². The molecular formula is C11H16ClN3S. The fraction of sp³-hybridized carbons (Fsp3) is 0.636. The molecule has 16 heavy (non-hydrogen) atoms. The van der Waals surface area contributed by atoms with Crippen LogP contribution in [0.25, 0.3) is 0 Å². The summed E-state index contributed by atoms with van der Waals surface area (Å²) >= 11 is 7.90. The highest BCUT2D eigenvalue weighted by molar-refractivity contribution is 8.00. The molecule has 0 unspecified atom stereocenters. The van der Waals surface area contributed by atoms with E-state index in [1.807, 2.05) is 7.05 Å². The lowest BCUT2D eigenvalue weighted by atomic mass is 10.0. The van der Waals surface area contributed by atoms with Gasteiger partial charge in [0.05, 0.1) is 11.2 Å². The molecule has 1 saturated carbocycles. The Kier molecular flexibility index (Phi) is 4.29. The standard InChI is InChI=1S/C11H16ClN3S/c1-13-11-14-7-9(12)10(15-11)16-8-5-3-2-4-6-8/h7-8H,2-6H2,1H3,(H,13,14,15). The second kappa shape index (κ2) is 5.73. The Bertz CT molecular complexity index is 353. The third-order valence-electron chi connectivity index (χ3n) is 2.77. The zero-order chi connectivity index (χ0) is 11.4. The van der Waals surface area contributed by atoms with Crippen LogP contribution in [-0.2, 0) is 0 Å². The number of aromatic nitrogens is 2. The third-order valence-corrected chi connectivity index (χ3v) is 4.49. The molecule has 2 rings (SSSR count). The maximum absolute atomic E-state index is 6.10. The minimum atomic E-state index is 0.641. The molecule has 3 nitrogen and oxygen atoms in total. The summed E-state index contributed by atoms with van der Waals surface area (Å²) in [6.07, 6.45) is 8.26. The Morgan fingerprint density at radius 1 is 1.38 bits per heavy atom. The summed E-state index contributed by atoms with van der Waals surface area (Å²) in [5, 5.41) is 5.18. The van der Waals surface area contributed by atoms with Crippen molar-refractivity contribution in [1.29, 1.82) is 0 Å². The first kappa shape index (κ1) is 12.0. The molecule has 5 heteroatoms. The number of nitrogens with zero attached hydrogens (tertiary/aromatic N) is 2. The highest BCUT2D eigenvalue weighted by Crippen LogP contribution is 2.35. The number of hydrogen-bond donors (Lipinski definition) is 1. The molecule has 0 bridgehead atoms. The minimum absolute atomic E-state index is 0.641. The van der Waals surface area contributed by atoms with E-state index in [-0.39, 0.29) is 0 Å². The second-order valence-corrected chi connectivity index (χ2v) is 5.67. The highest BCUT2D eigenvalue weighted by Gasteiger charge is 2.17. The fourth-order valence-corrected chi connectivity index (χ4v) is 3.31. The summed E-state index contributed by atoms with van der Waals surface area (Å²) in [4.78, 5) is 8.48. The molecule has 1 aliphatic rings. The van der Waals surface area contributed by atoms with Crippen LogP contribution in [-0.4, -0.2) is 22.3 Å². The average molecular weight is 258 g/mol. The number of rotatable bonds is 3. The van der Waals surface area contributed by atoms with E-state index in [4.69, 9.17) is 11.6 Å². The zero-order valence-corrected chi connectivity index (χ0v) is 10.9. The first-order chi connectivity index (χ1) is 7.79. The second-order valence-electron chi connectivity index (χ2n) is 3.97. The van der Waals surface area contributed by atoms with Crippen LogP contribution in [0.15, 0.2) is 11.2 Å². The summed E-state index contributed by atoms with van der Waals surface area (Å²) in [7, 11) is 1.82. The van der Waals surface area contributed by atoms with Crippen molar-refractivity contribution >= 4 is 29.3 Å². The molecule has 0 saturated heterocycles. The maximum Gasteiger partial charge on any atom is 0.223 e. The molecule has 1 heterocycles. The maximum atomic E-state index is 6.10. The van der Waals surface area contributed by atoms with Gasteiger partial charge in [0.1, 0.15) is 5.03 Å². The van der Waals surface area contributed by atoms with Crippen LogP contribution >= 0.6 is 23.4 Å². The molecule has 0 spiro atoms. The first-order valence-corrected chi connectivity index (χ1v) is 6.92. The molecule has 88 valence electrons. The van der Waals surface area contributed by atoms with Crippen LogP contribution in [0.3, 0.4) is 0 Å². The van der Waals surface area contributed by atoms with Gasteiger partial charge in [0.2, 0.25) is 5.95 Å². The zero-order valence-electron chi connectivity index (χ0n) is 9.37. The van der Waals surface area contributed by atoms with E-state index in [1.165, 1.54) is 32.1 Å². The van der Waals surface area contributed by atoms with Crippen molar-refractivity contribution in [3.05, 3.63) is 11.2 Å². The van der Waals surface area contributed by atoms with Gasteiger partial charge in [-0.05, 0) is 12.8 Å². The highest BCUT2D eigenvalue weighted by atomic mass is 35.5. The molecule has 0 atom stereocenters. The van der Waals surface area contributed by atoms with Gasteiger partial charge in [-0.3, -0.25) is 0 Å². The van der Waals surface area contributed by atoms with Crippen LogP contribution in [0.4, 0.5) is 5.95 Å². The predicted octanol–water partition coefficient (Wildman–Crippen LogP) is 3.60. The summed E-state index contributed by atoms with van der Waals surface area (Å²) in [6.45, 7) is 0. The lowest BCUT2D eigenvalue weighted by molar-refractivity contribution is 0.515. The van der Waals surface area contributed by atoms with Crippen molar-refractivity contribution in [3.8, 4) is 0 Å². The van der Waals surface area contributed by atoms with E-state index >= 15 is 0 Å². The van der Waals surface area contributed by atoms with Gasteiger partial charge in [-0.1, -0.05) is 30.9 Å². The summed E-state index contributed by atoms with van der Waals surface area (Å²) in [5.74, 6) is 0.641. The molecule has 1 aromatic rings. The summed E-state index contributed by atoms with van der Waals surface area (Å²) in [6, 6.07) is 0. The SMILES string of the molecule is CNc1ncc(Cl)c(SC2CCCCC2)n1. The van der Waals surface area contributed by atoms with Crippen molar-refractivity contribution in [2.75, 3.05) is 12.4 Å². The lowest BCUT2D eigenvalue weighted by Crippen LogP contribution is -2.08. The monoisotopic (exact) mass is 257 g/mol. The topological polar surface area (TPSA) is 37.8 Å². The summed E-state index contributed by atoms with van der Waals surface area (Å²) in [5.41, 5.74) is 0. The third kappa shape index (κ3) is 3.01. The van der Waals surface area contributed by atoms with Gasteiger partial charge >= 0.3 is 0 Å². The largest absolute Gasteiger partial charge is 0.357 e. The number of nitrogens with one attached hydrogen (secondary N) is 1. The van der Waals surface area contributed by atoms with E-state index in [0.29, 0.717) is 16.2 Å². The van der Waals surface area contributed by atoms with Gasteiger partial charge in [-0.25, -0.2) is 9.97 Å². The number of hydrogen-bond acceptors (Lipinski definition) is 4. The molecule has 0 aromatic carbocycles. The van der Waals surface area contributed by atoms with Crippen LogP contribution in [0.5, 0.6) is 0 Å². The Balaban J connectivity index is 2.06. The molecule has 1 fully saturated rings. The minimum Gasteiger partial charge on any atom is -0.357 e. The van der Waals surface area contributed by atoms with E-state index in [0.717, 1.165) is 5.03 Å². The van der Waals surface area contributed by atoms with Gasteiger partial charge in [-0.2, -0.15) is 0 Å². The van der Waals surface area contributed by atoms with Gasteiger partial charge in [0.25, 0.3) is 0 Å². The van der Waals surface area contributed by atoms with Crippen molar-refractivity contribution in [2.45, 2.75) is 42.4 Å². The normalized spacial score (nSPS) is 17.4. The van der Waals surface area contributed by atoms with Crippen molar-refractivity contribution in [2.24, 2.45) is 0 Å². The van der Waals surface area contributed by atoms with Crippen LogP contribution < -0.4 is 5.32 Å². The van der Waals surface area contributed by atoms with E-state index in [9.17, 15) is 0 Å². The Morgan fingerprint density at radius 2 is 2.12 bits per heavy atom.